The van der Waals surface area contributed by atoms with Crippen LogP contribution in [0.25, 0.3) is 10.8 Å². The van der Waals surface area contributed by atoms with Crippen LogP contribution in [0.4, 0.5) is 4.39 Å². The van der Waals surface area contributed by atoms with Gasteiger partial charge in [0.2, 0.25) is 0 Å². The van der Waals surface area contributed by atoms with Crippen molar-refractivity contribution in [2.45, 2.75) is 12.5 Å². The first-order valence-corrected chi connectivity index (χ1v) is 5.26. The maximum atomic E-state index is 12.3. The summed E-state index contributed by atoms with van der Waals surface area (Å²) in [6.07, 6.45) is 0.300. The van der Waals surface area contributed by atoms with Gasteiger partial charge in [-0.05, 0) is 23.4 Å². The normalized spacial score (nSPS) is 12.9. The van der Waals surface area contributed by atoms with E-state index in [1.54, 1.807) is 12.1 Å². The molecule has 0 saturated carbocycles. The van der Waals surface area contributed by atoms with Gasteiger partial charge in [-0.3, -0.25) is 4.39 Å². The summed E-state index contributed by atoms with van der Waals surface area (Å²) in [5.74, 6) is 0.229. The van der Waals surface area contributed by atoms with Gasteiger partial charge in [-0.2, -0.15) is 0 Å². The fourth-order valence-electron chi connectivity index (χ4n) is 1.90. The Morgan fingerprint density at radius 2 is 1.81 bits per heavy atom. The van der Waals surface area contributed by atoms with Gasteiger partial charge in [-0.25, -0.2) is 0 Å². The fourth-order valence-corrected chi connectivity index (χ4v) is 1.90. The van der Waals surface area contributed by atoms with Crippen molar-refractivity contribution in [2.75, 3.05) is 6.67 Å². The van der Waals surface area contributed by atoms with Crippen molar-refractivity contribution in [2.24, 2.45) is 5.73 Å². The number of phenolic OH excluding ortho intramolecular Hbond substituents is 1. The molecule has 0 bridgehead atoms. The Morgan fingerprint density at radius 1 is 1.12 bits per heavy atom. The number of alkyl halides is 1. The number of halogens is 1. The van der Waals surface area contributed by atoms with Crippen molar-refractivity contribution in [1.82, 2.24) is 0 Å². The quantitative estimate of drug-likeness (QED) is 0.833. The van der Waals surface area contributed by atoms with Crippen LogP contribution in [-0.4, -0.2) is 11.8 Å². The summed E-state index contributed by atoms with van der Waals surface area (Å²) in [6, 6.07) is 10.5. The SMILES string of the molecule is N[C@H](CCF)c1ccc(O)c2ccccc12. The summed E-state index contributed by atoms with van der Waals surface area (Å²) in [6.45, 7) is -0.434. The van der Waals surface area contributed by atoms with Gasteiger partial charge >= 0.3 is 0 Å². The van der Waals surface area contributed by atoms with Gasteiger partial charge < -0.3 is 10.8 Å². The average molecular weight is 219 g/mol. The number of hydrogen-bond donors (Lipinski definition) is 2. The molecule has 0 radical (unpaired) electrons. The molecule has 0 heterocycles. The Hall–Kier alpha value is -1.61. The van der Waals surface area contributed by atoms with Crippen LogP contribution in [0.1, 0.15) is 18.0 Å². The van der Waals surface area contributed by atoms with Crippen LogP contribution in [0.2, 0.25) is 0 Å². The standard InChI is InChI=1S/C13H14FNO/c14-8-7-12(15)10-5-6-13(16)11-4-2-1-3-9(10)11/h1-6,12,16H,7-8,15H2/t12-/m1/s1. The van der Waals surface area contributed by atoms with Crippen LogP contribution in [0.15, 0.2) is 36.4 Å². The van der Waals surface area contributed by atoms with E-state index in [0.717, 1.165) is 16.3 Å². The lowest BCUT2D eigenvalue weighted by atomic mass is 9.97. The van der Waals surface area contributed by atoms with Crippen LogP contribution in [-0.2, 0) is 0 Å². The number of rotatable bonds is 3. The van der Waals surface area contributed by atoms with Crippen molar-refractivity contribution in [3.63, 3.8) is 0 Å². The molecule has 0 spiro atoms. The van der Waals surface area contributed by atoms with Crippen molar-refractivity contribution < 1.29 is 9.50 Å². The number of hydrogen-bond acceptors (Lipinski definition) is 2. The number of nitrogens with two attached hydrogens (primary N) is 1. The first-order valence-electron chi connectivity index (χ1n) is 5.26. The highest BCUT2D eigenvalue weighted by atomic mass is 19.1. The third kappa shape index (κ3) is 1.86. The first kappa shape index (κ1) is 10.9. The lowest BCUT2D eigenvalue weighted by Gasteiger charge is -2.13. The van der Waals surface area contributed by atoms with Crippen LogP contribution in [0, 0.1) is 0 Å². The van der Waals surface area contributed by atoms with E-state index in [2.05, 4.69) is 0 Å². The highest BCUT2D eigenvalue weighted by Crippen LogP contribution is 2.30. The number of phenols is 1. The Balaban J connectivity index is 2.58. The van der Waals surface area contributed by atoms with Crippen molar-refractivity contribution >= 4 is 10.8 Å². The van der Waals surface area contributed by atoms with Crippen LogP contribution in [0.5, 0.6) is 5.75 Å². The zero-order chi connectivity index (χ0) is 11.5. The van der Waals surface area contributed by atoms with E-state index in [-0.39, 0.29) is 11.8 Å². The highest BCUT2D eigenvalue weighted by molar-refractivity contribution is 5.91. The summed E-state index contributed by atoms with van der Waals surface area (Å²) in [4.78, 5) is 0. The molecule has 0 amide bonds. The van der Waals surface area contributed by atoms with E-state index < -0.39 is 6.67 Å². The Kier molecular flexibility index (Phi) is 3.06. The van der Waals surface area contributed by atoms with Gasteiger partial charge in [0.05, 0.1) is 6.67 Å². The third-order valence-electron chi connectivity index (χ3n) is 2.75. The van der Waals surface area contributed by atoms with Crippen molar-refractivity contribution in [3.05, 3.63) is 42.0 Å². The smallest absolute Gasteiger partial charge is 0.123 e. The minimum atomic E-state index is -0.434. The molecule has 2 nitrogen and oxygen atoms in total. The molecule has 3 N–H and O–H groups in total. The molecule has 0 aromatic heterocycles. The van der Waals surface area contributed by atoms with E-state index in [0.29, 0.717) is 6.42 Å². The molecule has 0 saturated heterocycles. The lowest BCUT2D eigenvalue weighted by molar-refractivity contribution is 0.442. The van der Waals surface area contributed by atoms with Gasteiger partial charge in [-0.15, -0.1) is 0 Å². The molecule has 16 heavy (non-hydrogen) atoms. The largest absolute Gasteiger partial charge is 0.507 e. The van der Waals surface area contributed by atoms with E-state index in [9.17, 15) is 9.50 Å². The Morgan fingerprint density at radius 3 is 2.50 bits per heavy atom. The number of fused-ring (bicyclic) bond motifs is 1. The molecule has 2 rings (SSSR count). The molecule has 1 atom stereocenters. The molecular formula is C13H14FNO. The maximum absolute atomic E-state index is 12.3. The molecule has 84 valence electrons. The van der Waals surface area contributed by atoms with Gasteiger partial charge in [0.1, 0.15) is 5.75 Å². The number of benzene rings is 2. The monoisotopic (exact) mass is 219 g/mol. The highest BCUT2D eigenvalue weighted by Gasteiger charge is 2.11. The topological polar surface area (TPSA) is 46.2 Å². The zero-order valence-corrected chi connectivity index (χ0v) is 8.86. The van der Waals surface area contributed by atoms with Crippen molar-refractivity contribution in [1.29, 1.82) is 0 Å². The Bertz CT molecular complexity index is 498. The second kappa shape index (κ2) is 4.49. The molecule has 0 fully saturated rings. The van der Waals surface area contributed by atoms with Gasteiger partial charge in [0.15, 0.2) is 0 Å². The van der Waals surface area contributed by atoms with Crippen LogP contribution < -0.4 is 5.73 Å². The average Bonchev–Trinajstić information content (AvgIpc) is 2.30. The predicted octanol–water partition coefficient (Wildman–Crippen LogP) is 2.90. The minimum Gasteiger partial charge on any atom is -0.507 e. The summed E-state index contributed by atoms with van der Waals surface area (Å²) < 4.78 is 12.3. The van der Waals surface area contributed by atoms with E-state index in [1.165, 1.54) is 0 Å². The molecule has 0 aliphatic rings. The van der Waals surface area contributed by atoms with Crippen LogP contribution in [0.3, 0.4) is 0 Å². The number of aromatic hydroxyl groups is 1. The second-order valence-electron chi connectivity index (χ2n) is 3.80. The maximum Gasteiger partial charge on any atom is 0.123 e. The molecule has 2 aromatic rings. The summed E-state index contributed by atoms with van der Waals surface area (Å²) >= 11 is 0. The van der Waals surface area contributed by atoms with Gasteiger partial charge in [0.25, 0.3) is 0 Å². The van der Waals surface area contributed by atoms with Crippen molar-refractivity contribution in [3.8, 4) is 5.75 Å². The molecule has 0 aliphatic carbocycles. The fraction of sp³-hybridized carbons (Fsp3) is 0.231. The third-order valence-corrected chi connectivity index (χ3v) is 2.75. The van der Waals surface area contributed by atoms with E-state index >= 15 is 0 Å². The molecule has 0 unspecified atom stereocenters. The van der Waals surface area contributed by atoms with Gasteiger partial charge in [0, 0.05) is 11.4 Å². The second-order valence-corrected chi connectivity index (χ2v) is 3.80. The zero-order valence-electron chi connectivity index (χ0n) is 8.86. The lowest BCUT2D eigenvalue weighted by Crippen LogP contribution is -2.11. The van der Waals surface area contributed by atoms with E-state index in [4.69, 9.17) is 5.73 Å². The molecule has 2 aromatic carbocycles. The first-order chi connectivity index (χ1) is 7.74. The molecular weight excluding hydrogens is 205 g/mol. The van der Waals surface area contributed by atoms with E-state index in [1.807, 2.05) is 24.3 Å². The predicted molar refractivity (Wildman–Crippen MR) is 63.1 cm³/mol. The molecule has 3 heteroatoms. The Labute approximate surface area is 93.5 Å². The molecule has 0 aliphatic heterocycles. The minimum absolute atomic E-state index is 0.229. The summed E-state index contributed by atoms with van der Waals surface area (Å²) in [7, 11) is 0. The van der Waals surface area contributed by atoms with Gasteiger partial charge in [-0.1, -0.05) is 30.3 Å². The summed E-state index contributed by atoms with van der Waals surface area (Å²) in [5, 5.41) is 11.3. The van der Waals surface area contributed by atoms with Crippen LogP contribution >= 0.6 is 0 Å². The summed E-state index contributed by atoms with van der Waals surface area (Å²) in [5.41, 5.74) is 6.78.